The van der Waals surface area contributed by atoms with Crippen molar-refractivity contribution in [1.29, 1.82) is 0 Å². The van der Waals surface area contributed by atoms with Gasteiger partial charge in [0.1, 0.15) is 6.54 Å². The predicted octanol–water partition coefficient (Wildman–Crippen LogP) is -0.262. The van der Waals surface area contributed by atoms with Gasteiger partial charge in [0.15, 0.2) is 0 Å². The molecule has 0 aromatic rings. The number of hydrogen-bond donors (Lipinski definition) is 2. The van der Waals surface area contributed by atoms with E-state index in [9.17, 15) is 9.59 Å². The van der Waals surface area contributed by atoms with Gasteiger partial charge < -0.3 is 20.2 Å². The topological polar surface area (TPSA) is 76.1 Å². The summed E-state index contributed by atoms with van der Waals surface area (Å²) in [5.74, 6) is -0.473. The number of aliphatic carboxylic acids is 1. The van der Waals surface area contributed by atoms with Crippen LogP contribution in [0, 0.1) is 5.92 Å². The molecule has 0 spiro atoms. The van der Waals surface area contributed by atoms with E-state index in [2.05, 4.69) is 29.2 Å². The van der Waals surface area contributed by atoms with Crippen LogP contribution < -0.4 is 5.32 Å². The molecule has 7 heteroatoms. The van der Waals surface area contributed by atoms with Crippen molar-refractivity contribution in [1.82, 2.24) is 20.0 Å². The Morgan fingerprint density at radius 2 is 2.00 bits per heavy atom. The minimum Gasteiger partial charge on any atom is -0.480 e. The van der Waals surface area contributed by atoms with Crippen LogP contribution in [-0.2, 0) is 4.79 Å². The third-order valence-electron chi connectivity index (χ3n) is 4.26. The van der Waals surface area contributed by atoms with E-state index in [1.54, 1.807) is 0 Å². The SMILES string of the molecule is CN1CCN(C)C(CNC(=O)N(CC(=O)O)CC2CC2)C1. The second-order valence-corrected chi connectivity index (χ2v) is 6.30. The van der Waals surface area contributed by atoms with E-state index in [1.807, 2.05) is 0 Å². The molecule has 21 heavy (non-hydrogen) atoms. The van der Waals surface area contributed by atoms with Crippen LogP contribution >= 0.6 is 0 Å². The average Bonchev–Trinajstić information content (AvgIpc) is 3.22. The molecule has 0 aromatic heterocycles. The molecule has 1 saturated carbocycles. The molecule has 1 heterocycles. The van der Waals surface area contributed by atoms with Gasteiger partial charge in [-0.2, -0.15) is 0 Å². The minimum absolute atomic E-state index is 0.220. The Hall–Kier alpha value is -1.34. The standard InChI is InChI=1S/C14H26N4O3/c1-16-5-6-17(2)12(9-16)7-15-14(21)18(10-13(19)20)8-11-3-4-11/h11-12H,3-10H2,1-2H3,(H,15,21)(H,19,20). The first kappa shape index (κ1) is 16.0. The Morgan fingerprint density at radius 1 is 1.29 bits per heavy atom. The number of carboxylic acid groups (broad SMARTS) is 1. The molecule has 1 unspecified atom stereocenters. The molecular formula is C14H26N4O3. The van der Waals surface area contributed by atoms with Crippen LogP contribution in [0.2, 0.25) is 0 Å². The summed E-state index contributed by atoms with van der Waals surface area (Å²) in [4.78, 5) is 29.0. The van der Waals surface area contributed by atoms with Crippen molar-refractivity contribution < 1.29 is 14.7 Å². The van der Waals surface area contributed by atoms with E-state index in [-0.39, 0.29) is 18.6 Å². The highest BCUT2D eigenvalue weighted by Crippen LogP contribution is 2.29. The normalized spacial score (nSPS) is 23.8. The summed E-state index contributed by atoms with van der Waals surface area (Å²) in [5, 5.41) is 11.8. The first-order chi connectivity index (χ1) is 9.95. The maximum absolute atomic E-state index is 12.2. The maximum atomic E-state index is 12.2. The van der Waals surface area contributed by atoms with Crippen LogP contribution in [0.5, 0.6) is 0 Å². The largest absolute Gasteiger partial charge is 0.480 e. The van der Waals surface area contributed by atoms with Crippen molar-refractivity contribution in [2.45, 2.75) is 18.9 Å². The van der Waals surface area contributed by atoms with Gasteiger partial charge in [-0.1, -0.05) is 0 Å². The highest BCUT2D eigenvalue weighted by atomic mass is 16.4. The van der Waals surface area contributed by atoms with Gasteiger partial charge in [-0.15, -0.1) is 0 Å². The first-order valence-electron chi connectivity index (χ1n) is 7.59. The van der Waals surface area contributed by atoms with Gasteiger partial charge in [0.2, 0.25) is 0 Å². The van der Waals surface area contributed by atoms with Crippen LogP contribution in [0.4, 0.5) is 4.79 Å². The van der Waals surface area contributed by atoms with Gasteiger partial charge in [0.05, 0.1) is 0 Å². The van der Waals surface area contributed by atoms with E-state index in [0.29, 0.717) is 19.0 Å². The third-order valence-corrected chi connectivity index (χ3v) is 4.26. The van der Waals surface area contributed by atoms with Gasteiger partial charge in [-0.05, 0) is 32.9 Å². The fourth-order valence-corrected chi connectivity index (χ4v) is 2.63. The van der Waals surface area contributed by atoms with Gasteiger partial charge in [0.25, 0.3) is 0 Å². The van der Waals surface area contributed by atoms with Crippen molar-refractivity contribution >= 4 is 12.0 Å². The lowest BCUT2D eigenvalue weighted by atomic mass is 10.2. The smallest absolute Gasteiger partial charge is 0.323 e. The molecule has 1 saturated heterocycles. The van der Waals surface area contributed by atoms with Crippen LogP contribution in [0.15, 0.2) is 0 Å². The molecule has 2 fully saturated rings. The molecule has 2 aliphatic rings. The number of rotatable bonds is 6. The number of amides is 2. The fourth-order valence-electron chi connectivity index (χ4n) is 2.63. The molecule has 2 rings (SSSR count). The van der Waals surface area contributed by atoms with Gasteiger partial charge >= 0.3 is 12.0 Å². The number of carbonyl (C=O) groups excluding carboxylic acids is 1. The van der Waals surface area contributed by atoms with Crippen LogP contribution in [0.1, 0.15) is 12.8 Å². The highest BCUT2D eigenvalue weighted by Gasteiger charge is 2.29. The summed E-state index contributed by atoms with van der Waals surface area (Å²) in [6.07, 6.45) is 2.19. The molecule has 7 nitrogen and oxygen atoms in total. The van der Waals surface area contributed by atoms with Crippen LogP contribution in [-0.4, -0.2) is 91.2 Å². The van der Waals surface area contributed by atoms with Crippen molar-refractivity contribution in [2.24, 2.45) is 5.92 Å². The number of likely N-dealkylation sites (N-methyl/N-ethyl adjacent to an activating group) is 2. The quantitative estimate of drug-likeness (QED) is 0.706. The fraction of sp³-hybridized carbons (Fsp3) is 0.857. The van der Waals surface area contributed by atoms with Gasteiger partial charge in [0, 0.05) is 38.8 Å². The molecule has 2 amide bonds. The van der Waals surface area contributed by atoms with Crippen LogP contribution in [0.3, 0.4) is 0 Å². The van der Waals surface area contributed by atoms with Crippen molar-refractivity contribution in [3.63, 3.8) is 0 Å². The monoisotopic (exact) mass is 298 g/mol. The van der Waals surface area contributed by atoms with Crippen molar-refractivity contribution in [2.75, 3.05) is 53.4 Å². The van der Waals surface area contributed by atoms with E-state index < -0.39 is 5.97 Å². The predicted molar refractivity (Wildman–Crippen MR) is 79.2 cm³/mol. The summed E-state index contributed by atoms with van der Waals surface area (Å²) in [6, 6.07) is 0.0197. The first-order valence-corrected chi connectivity index (χ1v) is 7.59. The molecular weight excluding hydrogens is 272 g/mol. The minimum atomic E-state index is -0.958. The van der Waals surface area contributed by atoms with E-state index >= 15 is 0 Å². The van der Waals surface area contributed by atoms with Gasteiger partial charge in [-0.3, -0.25) is 9.69 Å². The van der Waals surface area contributed by atoms with Crippen molar-refractivity contribution in [3.05, 3.63) is 0 Å². The third kappa shape index (κ3) is 5.17. The molecule has 0 aromatic carbocycles. The maximum Gasteiger partial charge on any atom is 0.323 e. The summed E-state index contributed by atoms with van der Waals surface area (Å²) in [7, 11) is 4.13. The Bertz CT molecular complexity index is 386. The Morgan fingerprint density at radius 3 is 2.62 bits per heavy atom. The Balaban J connectivity index is 1.81. The summed E-state index contributed by atoms with van der Waals surface area (Å²) >= 11 is 0. The Labute approximate surface area is 125 Å². The molecule has 0 radical (unpaired) electrons. The lowest BCUT2D eigenvalue weighted by Crippen LogP contribution is -2.55. The number of nitrogens with one attached hydrogen (secondary N) is 1. The van der Waals surface area contributed by atoms with Crippen LogP contribution in [0.25, 0.3) is 0 Å². The molecule has 1 atom stereocenters. The number of hydrogen-bond acceptors (Lipinski definition) is 4. The lowest BCUT2D eigenvalue weighted by Gasteiger charge is -2.38. The summed E-state index contributed by atoms with van der Waals surface area (Å²) < 4.78 is 0. The number of carbonyl (C=O) groups is 2. The van der Waals surface area contributed by atoms with Crippen molar-refractivity contribution in [3.8, 4) is 0 Å². The highest BCUT2D eigenvalue weighted by molar-refractivity contribution is 5.80. The summed E-state index contributed by atoms with van der Waals surface area (Å²) in [6.45, 7) is 3.83. The molecule has 0 bridgehead atoms. The zero-order valence-electron chi connectivity index (χ0n) is 12.9. The zero-order valence-corrected chi connectivity index (χ0v) is 12.9. The molecule has 120 valence electrons. The lowest BCUT2D eigenvalue weighted by molar-refractivity contribution is -0.137. The zero-order chi connectivity index (χ0) is 15.4. The average molecular weight is 298 g/mol. The molecule has 1 aliphatic carbocycles. The van der Waals surface area contributed by atoms with E-state index in [4.69, 9.17) is 5.11 Å². The number of carboxylic acids is 1. The number of nitrogens with zero attached hydrogens (tertiary/aromatic N) is 3. The Kier molecular flexibility index (Phi) is 5.41. The molecule has 2 N–H and O–H groups in total. The second-order valence-electron chi connectivity index (χ2n) is 6.30. The number of piperazine rings is 1. The van der Waals surface area contributed by atoms with E-state index in [0.717, 1.165) is 32.5 Å². The summed E-state index contributed by atoms with van der Waals surface area (Å²) in [5.41, 5.74) is 0. The van der Waals surface area contributed by atoms with Gasteiger partial charge in [-0.25, -0.2) is 4.79 Å². The number of urea groups is 1. The second kappa shape index (κ2) is 7.09. The molecule has 1 aliphatic heterocycles. The van der Waals surface area contributed by atoms with E-state index in [1.165, 1.54) is 4.90 Å².